The number of aromatic nitrogens is 2. The van der Waals surface area contributed by atoms with Gasteiger partial charge in [-0.25, -0.2) is 9.78 Å². The number of anilines is 1. The summed E-state index contributed by atoms with van der Waals surface area (Å²) in [6.07, 6.45) is 7.58. The van der Waals surface area contributed by atoms with Crippen LogP contribution in [0.25, 0.3) is 6.08 Å². The number of aliphatic carboxylic acids is 1. The molecule has 4 rings (SSSR count). The number of carbonyl (C=O) groups is 4. The number of pyridine rings is 1. The fraction of sp³-hybridized carbons (Fsp3) is 0.370. The van der Waals surface area contributed by atoms with Gasteiger partial charge in [-0.15, -0.1) is 23.1 Å². The van der Waals surface area contributed by atoms with Crippen LogP contribution < -0.4 is 11.1 Å². The number of rotatable bonds is 12. The zero-order chi connectivity index (χ0) is 30.4. The van der Waals surface area contributed by atoms with Crippen LogP contribution >= 0.6 is 23.1 Å². The molecule has 4 heterocycles. The van der Waals surface area contributed by atoms with Crippen molar-refractivity contribution in [3.8, 4) is 0 Å². The van der Waals surface area contributed by atoms with Crippen LogP contribution in [0.4, 0.5) is 5.13 Å². The summed E-state index contributed by atoms with van der Waals surface area (Å²) in [7, 11) is 0. The van der Waals surface area contributed by atoms with Crippen molar-refractivity contribution in [3.05, 3.63) is 58.5 Å². The molecule has 0 aliphatic carbocycles. The van der Waals surface area contributed by atoms with E-state index in [1.54, 1.807) is 36.7 Å². The molecular formula is C27H30N6O7S2. The zero-order valence-electron chi connectivity index (χ0n) is 22.9. The number of oxime groups is 1. The lowest BCUT2D eigenvalue weighted by Crippen LogP contribution is -2.80. The average Bonchev–Trinajstić information content (AvgIpc) is 3.41. The third kappa shape index (κ3) is 6.01. The summed E-state index contributed by atoms with van der Waals surface area (Å²) >= 11 is 2.28. The van der Waals surface area contributed by atoms with Gasteiger partial charge in [-0.2, -0.15) is 0 Å². The maximum absolute atomic E-state index is 13.9. The third-order valence-electron chi connectivity index (χ3n) is 7.04. The van der Waals surface area contributed by atoms with Crippen molar-refractivity contribution >= 4 is 63.8 Å². The minimum Gasteiger partial charge on any atom is -0.477 e. The zero-order valence-corrected chi connectivity index (χ0v) is 24.5. The van der Waals surface area contributed by atoms with Gasteiger partial charge < -0.3 is 26.1 Å². The minimum atomic E-state index is -1.66. The number of carboxylic acid groups (broad SMARTS) is 1. The van der Waals surface area contributed by atoms with Gasteiger partial charge >= 0.3 is 11.9 Å². The number of allylic oxidation sites excluding steroid dienone is 1. The number of carbonyl (C=O) groups excluding carboxylic acids is 3. The van der Waals surface area contributed by atoms with Gasteiger partial charge in [0.25, 0.3) is 11.8 Å². The molecule has 15 heteroatoms. The number of ether oxygens (including phenoxy) is 1. The second-order valence-corrected chi connectivity index (χ2v) is 11.5. The number of amides is 2. The van der Waals surface area contributed by atoms with E-state index in [0.29, 0.717) is 18.4 Å². The standard InChI is InChI=1S/C27H30N6O7S2/c1-3-16(4-2)23(37)40-11-9-27(31-21(34)19(32-39)18-14-42-26(28)30-18)24(38)33-20(22(35)36)17(13-41-25(27)33)8-7-15-6-5-10-29-12-15/h5-8,10,12,14,16,25,39H,3-4,9,11,13H2,1-2H3,(H2,28,30)(H,31,34)(H,35,36)/b8-7-,32-19?/t25-,27+/m0/s1. The summed E-state index contributed by atoms with van der Waals surface area (Å²) in [4.78, 5) is 61.2. The monoisotopic (exact) mass is 614 g/mol. The van der Waals surface area contributed by atoms with Gasteiger partial charge in [0.2, 0.25) is 0 Å². The van der Waals surface area contributed by atoms with Crippen molar-refractivity contribution in [2.75, 3.05) is 18.1 Å². The summed E-state index contributed by atoms with van der Waals surface area (Å²) < 4.78 is 5.46. The number of fused-ring (bicyclic) bond motifs is 1. The van der Waals surface area contributed by atoms with Crippen molar-refractivity contribution in [1.29, 1.82) is 0 Å². The Morgan fingerprint density at radius 2 is 2.10 bits per heavy atom. The van der Waals surface area contributed by atoms with Crippen LogP contribution in [0.3, 0.4) is 0 Å². The van der Waals surface area contributed by atoms with Crippen LogP contribution in [0, 0.1) is 5.92 Å². The molecule has 2 aliphatic rings. The van der Waals surface area contributed by atoms with E-state index in [4.69, 9.17) is 10.5 Å². The number of nitrogens with one attached hydrogen (secondary N) is 1. The first-order valence-corrected chi connectivity index (χ1v) is 15.0. The molecule has 2 amide bonds. The minimum absolute atomic E-state index is 0.00156. The van der Waals surface area contributed by atoms with E-state index in [0.717, 1.165) is 21.8 Å². The number of thiazole rings is 1. The highest BCUT2D eigenvalue weighted by atomic mass is 32.2. The van der Waals surface area contributed by atoms with Crippen LogP contribution in [-0.2, 0) is 23.9 Å². The van der Waals surface area contributed by atoms with Gasteiger partial charge in [0.05, 0.1) is 12.5 Å². The van der Waals surface area contributed by atoms with E-state index >= 15 is 0 Å². The summed E-state index contributed by atoms with van der Waals surface area (Å²) in [5.41, 5.74) is 4.46. The first kappa shape index (κ1) is 30.7. The molecule has 2 aliphatic heterocycles. The van der Waals surface area contributed by atoms with E-state index < -0.39 is 40.4 Å². The predicted octanol–water partition coefficient (Wildman–Crippen LogP) is 2.49. The van der Waals surface area contributed by atoms with E-state index in [-0.39, 0.29) is 41.2 Å². The van der Waals surface area contributed by atoms with Crippen LogP contribution in [0.5, 0.6) is 0 Å². The van der Waals surface area contributed by atoms with Gasteiger partial charge in [0, 0.05) is 29.9 Å². The lowest BCUT2D eigenvalue weighted by molar-refractivity contribution is -0.162. The van der Waals surface area contributed by atoms with Crippen molar-refractivity contribution in [2.45, 2.75) is 44.0 Å². The Labute approximate surface area is 249 Å². The summed E-state index contributed by atoms with van der Waals surface area (Å²) in [6, 6.07) is 3.55. The summed E-state index contributed by atoms with van der Waals surface area (Å²) in [5.74, 6) is -3.47. The molecule has 0 unspecified atom stereocenters. The molecule has 13 nitrogen and oxygen atoms in total. The molecule has 0 aromatic carbocycles. The number of nitrogens with zero attached hydrogens (tertiary/aromatic N) is 4. The molecule has 0 spiro atoms. The van der Waals surface area contributed by atoms with E-state index in [1.807, 2.05) is 13.8 Å². The Kier molecular flexibility index (Phi) is 9.63. The number of thioether (sulfide) groups is 1. The highest BCUT2D eigenvalue weighted by molar-refractivity contribution is 8.00. The third-order valence-corrected chi connectivity index (χ3v) is 9.12. The SMILES string of the molecule is CCC(CC)C(=O)OCC[C@@]1(NC(=O)C(=NO)c2csc(N)n2)C(=O)N2C(C(=O)O)=C(/C=C\c3cccnc3)CS[C@H]21. The van der Waals surface area contributed by atoms with Gasteiger partial charge in [-0.3, -0.25) is 24.3 Å². The second kappa shape index (κ2) is 13.2. The quantitative estimate of drug-likeness (QED) is 0.0901. The first-order chi connectivity index (χ1) is 20.2. The molecule has 1 fully saturated rings. The van der Waals surface area contributed by atoms with Gasteiger partial charge in [-0.05, 0) is 30.0 Å². The van der Waals surface area contributed by atoms with Gasteiger partial charge in [-0.1, -0.05) is 37.2 Å². The molecule has 222 valence electrons. The Hall–Kier alpha value is -4.24. The maximum atomic E-state index is 13.9. The molecule has 1 saturated heterocycles. The summed E-state index contributed by atoms with van der Waals surface area (Å²) in [6.45, 7) is 3.52. The average molecular weight is 615 g/mol. The van der Waals surface area contributed by atoms with Crippen LogP contribution in [-0.4, -0.2) is 77.9 Å². The fourth-order valence-corrected chi connectivity index (χ4v) is 6.81. The lowest BCUT2D eigenvalue weighted by atomic mass is 9.82. The Morgan fingerprint density at radius 3 is 2.69 bits per heavy atom. The number of β-lactam (4-membered cyclic amide) rings is 1. The number of esters is 1. The van der Waals surface area contributed by atoms with Crippen molar-refractivity contribution in [2.24, 2.45) is 11.1 Å². The first-order valence-electron chi connectivity index (χ1n) is 13.1. The fourth-order valence-electron chi connectivity index (χ4n) is 4.78. The highest BCUT2D eigenvalue weighted by Crippen LogP contribution is 2.48. The lowest BCUT2D eigenvalue weighted by Gasteiger charge is -2.57. The van der Waals surface area contributed by atoms with Crippen molar-refractivity contribution < 1.29 is 34.2 Å². The van der Waals surface area contributed by atoms with Crippen molar-refractivity contribution in [1.82, 2.24) is 20.2 Å². The van der Waals surface area contributed by atoms with Crippen molar-refractivity contribution in [3.63, 3.8) is 0 Å². The highest BCUT2D eigenvalue weighted by Gasteiger charge is 2.65. The topological polar surface area (TPSA) is 197 Å². The Morgan fingerprint density at radius 1 is 1.33 bits per heavy atom. The Bertz CT molecular complexity index is 1450. The molecule has 0 radical (unpaired) electrons. The maximum Gasteiger partial charge on any atom is 0.352 e. The Balaban J connectivity index is 1.64. The smallest absolute Gasteiger partial charge is 0.352 e. The number of carboxylic acids is 1. The molecule has 2 aromatic rings. The second-order valence-electron chi connectivity index (χ2n) is 9.51. The number of nitrogen functional groups attached to an aromatic ring is 1. The van der Waals surface area contributed by atoms with Gasteiger partial charge in [0.1, 0.15) is 16.8 Å². The number of nitrogens with two attached hydrogens (primary N) is 1. The van der Waals surface area contributed by atoms with Crippen LogP contribution in [0.15, 0.2) is 52.4 Å². The molecule has 0 saturated carbocycles. The molecular weight excluding hydrogens is 584 g/mol. The molecule has 0 bridgehead atoms. The number of hydrogen-bond acceptors (Lipinski definition) is 12. The molecule has 2 atom stereocenters. The van der Waals surface area contributed by atoms with E-state index in [1.165, 1.54) is 17.1 Å². The van der Waals surface area contributed by atoms with Crippen LogP contribution in [0.1, 0.15) is 44.4 Å². The van der Waals surface area contributed by atoms with E-state index in [9.17, 15) is 29.5 Å². The summed E-state index contributed by atoms with van der Waals surface area (Å²) in [5, 5.41) is 26.1. The van der Waals surface area contributed by atoms with E-state index in [2.05, 4.69) is 20.4 Å². The predicted molar refractivity (Wildman–Crippen MR) is 156 cm³/mol. The molecule has 42 heavy (non-hydrogen) atoms. The van der Waals surface area contributed by atoms with Gasteiger partial charge in [0.15, 0.2) is 16.4 Å². The largest absolute Gasteiger partial charge is 0.477 e. The number of hydrogen-bond donors (Lipinski definition) is 4. The normalized spacial score (nSPS) is 20.5. The van der Waals surface area contributed by atoms with Crippen LogP contribution in [0.2, 0.25) is 0 Å². The molecule has 2 aromatic heterocycles. The molecule has 5 N–H and O–H groups in total.